The quantitative estimate of drug-likeness (QED) is 0.728. The third-order valence-corrected chi connectivity index (χ3v) is 6.37. The second-order valence-corrected chi connectivity index (χ2v) is 8.75. The van der Waals surface area contributed by atoms with Crippen molar-refractivity contribution in [2.24, 2.45) is 0 Å². The van der Waals surface area contributed by atoms with Gasteiger partial charge >= 0.3 is 0 Å². The van der Waals surface area contributed by atoms with Gasteiger partial charge in [-0.05, 0) is 61.4 Å². The van der Waals surface area contributed by atoms with Crippen LogP contribution in [-0.4, -0.2) is 33.3 Å². The van der Waals surface area contributed by atoms with Crippen molar-refractivity contribution in [1.82, 2.24) is 4.72 Å². The summed E-state index contributed by atoms with van der Waals surface area (Å²) in [6.07, 6.45) is 3.77. The van der Waals surface area contributed by atoms with E-state index < -0.39 is 16.1 Å². The molecular formula is C21H27NO4S. The summed E-state index contributed by atoms with van der Waals surface area (Å²) in [7, 11) is -3.62. The van der Waals surface area contributed by atoms with Gasteiger partial charge in [-0.2, -0.15) is 0 Å². The Balaban J connectivity index is 1.74. The highest BCUT2D eigenvalue weighted by molar-refractivity contribution is 7.89. The zero-order valence-corrected chi connectivity index (χ0v) is 16.5. The second kappa shape index (κ2) is 8.97. The molecule has 0 spiro atoms. The molecule has 5 nitrogen and oxygen atoms in total. The van der Waals surface area contributed by atoms with Crippen LogP contribution < -0.4 is 4.72 Å². The molecule has 3 rings (SSSR count). The molecule has 0 heterocycles. The SMILES string of the molecule is Cc1ccc([C@H](CNS(=O)(=O)c2ccc3c(c2)CCCC3)OCCO)cc1. The average Bonchev–Trinajstić information content (AvgIpc) is 2.68. The zero-order valence-electron chi connectivity index (χ0n) is 15.6. The van der Waals surface area contributed by atoms with Crippen LogP contribution in [0.15, 0.2) is 47.4 Å². The van der Waals surface area contributed by atoms with Gasteiger partial charge in [0.25, 0.3) is 0 Å². The third-order valence-electron chi connectivity index (χ3n) is 4.95. The molecular weight excluding hydrogens is 362 g/mol. The Kier molecular flexibility index (Phi) is 6.65. The third kappa shape index (κ3) is 5.17. The van der Waals surface area contributed by atoms with Crippen LogP contribution >= 0.6 is 0 Å². The average molecular weight is 390 g/mol. The van der Waals surface area contributed by atoms with Gasteiger partial charge in [-0.1, -0.05) is 35.9 Å². The minimum Gasteiger partial charge on any atom is -0.394 e. The van der Waals surface area contributed by atoms with Crippen LogP contribution in [-0.2, 0) is 27.6 Å². The number of ether oxygens (including phenoxy) is 1. The van der Waals surface area contributed by atoms with E-state index in [0.29, 0.717) is 4.90 Å². The van der Waals surface area contributed by atoms with E-state index in [9.17, 15) is 8.42 Å². The molecule has 146 valence electrons. The first-order chi connectivity index (χ1) is 13.0. The summed E-state index contributed by atoms with van der Waals surface area (Å²) in [5.74, 6) is 0. The molecule has 27 heavy (non-hydrogen) atoms. The minimum atomic E-state index is -3.62. The van der Waals surface area contributed by atoms with E-state index in [-0.39, 0.29) is 19.8 Å². The van der Waals surface area contributed by atoms with E-state index in [1.54, 1.807) is 12.1 Å². The van der Waals surface area contributed by atoms with Crippen molar-refractivity contribution < 1.29 is 18.3 Å². The highest BCUT2D eigenvalue weighted by atomic mass is 32.2. The maximum Gasteiger partial charge on any atom is 0.240 e. The number of aliphatic hydroxyl groups is 1. The van der Waals surface area contributed by atoms with Crippen LogP contribution in [0.25, 0.3) is 0 Å². The lowest BCUT2D eigenvalue weighted by Gasteiger charge is -2.20. The molecule has 0 aliphatic heterocycles. The Morgan fingerprint density at radius 1 is 1.07 bits per heavy atom. The Labute approximate surface area is 161 Å². The number of aryl methyl sites for hydroxylation is 3. The molecule has 0 saturated heterocycles. The number of aliphatic hydroxyl groups excluding tert-OH is 1. The monoisotopic (exact) mass is 389 g/mol. The Bertz CT molecular complexity index is 862. The summed E-state index contributed by atoms with van der Waals surface area (Å²) >= 11 is 0. The molecule has 0 unspecified atom stereocenters. The van der Waals surface area contributed by atoms with Crippen molar-refractivity contribution >= 4 is 10.0 Å². The van der Waals surface area contributed by atoms with E-state index in [1.165, 1.54) is 5.56 Å². The molecule has 1 aliphatic carbocycles. The number of sulfonamides is 1. The van der Waals surface area contributed by atoms with Crippen LogP contribution in [0.5, 0.6) is 0 Å². The molecule has 2 aromatic carbocycles. The van der Waals surface area contributed by atoms with E-state index >= 15 is 0 Å². The summed E-state index contributed by atoms with van der Waals surface area (Å²) in [6.45, 7) is 2.15. The zero-order chi connectivity index (χ0) is 19.3. The first kappa shape index (κ1) is 20.0. The summed E-state index contributed by atoms with van der Waals surface area (Å²) < 4.78 is 33.9. The van der Waals surface area contributed by atoms with Crippen molar-refractivity contribution in [2.75, 3.05) is 19.8 Å². The lowest BCUT2D eigenvalue weighted by atomic mass is 9.92. The van der Waals surface area contributed by atoms with Crippen LogP contribution in [0.4, 0.5) is 0 Å². The molecule has 0 fully saturated rings. The number of benzene rings is 2. The van der Waals surface area contributed by atoms with Crippen LogP contribution in [0, 0.1) is 6.92 Å². The van der Waals surface area contributed by atoms with Crippen molar-refractivity contribution in [2.45, 2.75) is 43.6 Å². The van der Waals surface area contributed by atoms with Gasteiger partial charge in [-0.3, -0.25) is 0 Å². The maximum atomic E-state index is 12.8. The number of fused-ring (bicyclic) bond motifs is 1. The fraction of sp³-hybridized carbons (Fsp3) is 0.429. The fourth-order valence-corrected chi connectivity index (χ4v) is 4.48. The topological polar surface area (TPSA) is 75.6 Å². The first-order valence-corrected chi connectivity index (χ1v) is 10.9. The minimum absolute atomic E-state index is 0.111. The summed E-state index contributed by atoms with van der Waals surface area (Å²) in [5, 5.41) is 9.06. The molecule has 1 atom stereocenters. The van der Waals surface area contributed by atoms with E-state index in [4.69, 9.17) is 9.84 Å². The van der Waals surface area contributed by atoms with Gasteiger partial charge in [0.2, 0.25) is 10.0 Å². The van der Waals surface area contributed by atoms with Crippen molar-refractivity contribution in [3.8, 4) is 0 Å². The van der Waals surface area contributed by atoms with Gasteiger partial charge in [0.15, 0.2) is 0 Å². The highest BCUT2D eigenvalue weighted by Gasteiger charge is 2.20. The van der Waals surface area contributed by atoms with E-state index in [1.807, 2.05) is 37.3 Å². The van der Waals surface area contributed by atoms with Gasteiger partial charge < -0.3 is 9.84 Å². The molecule has 2 N–H and O–H groups in total. The summed E-state index contributed by atoms with van der Waals surface area (Å²) in [6, 6.07) is 13.2. The standard InChI is InChI=1S/C21H27NO4S/c1-16-6-8-18(9-7-16)21(26-13-12-23)15-22-27(24,25)20-11-10-17-4-2-3-5-19(17)14-20/h6-11,14,21-23H,2-5,12-13,15H2,1H3/t21-/m0/s1. The van der Waals surface area contributed by atoms with Gasteiger partial charge in [-0.15, -0.1) is 0 Å². The number of nitrogens with one attached hydrogen (secondary N) is 1. The molecule has 2 aromatic rings. The van der Waals surface area contributed by atoms with Crippen molar-refractivity contribution in [1.29, 1.82) is 0 Å². The van der Waals surface area contributed by atoms with Crippen LogP contribution in [0.1, 0.15) is 41.2 Å². The predicted molar refractivity (Wildman–Crippen MR) is 105 cm³/mol. The molecule has 0 aromatic heterocycles. The van der Waals surface area contributed by atoms with E-state index in [2.05, 4.69) is 4.72 Å². The molecule has 0 radical (unpaired) electrons. The Hall–Kier alpha value is -1.73. The smallest absolute Gasteiger partial charge is 0.240 e. The molecule has 0 bridgehead atoms. The molecule has 1 aliphatic rings. The highest BCUT2D eigenvalue weighted by Crippen LogP contribution is 2.24. The summed E-state index contributed by atoms with van der Waals surface area (Å²) in [4.78, 5) is 0.299. The lowest BCUT2D eigenvalue weighted by molar-refractivity contribution is 0.0309. The summed E-state index contributed by atoms with van der Waals surface area (Å²) in [5.41, 5.74) is 4.39. The lowest BCUT2D eigenvalue weighted by Crippen LogP contribution is -2.30. The Morgan fingerprint density at radius 2 is 1.78 bits per heavy atom. The Morgan fingerprint density at radius 3 is 2.48 bits per heavy atom. The molecule has 0 amide bonds. The van der Waals surface area contributed by atoms with Crippen LogP contribution in [0.3, 0.4) is 0 Å². The van der Waals surface area contributed by atoms with Crippen molar-refractivity contribution in [3.05, 3.63) is 64.7 Å². The molecule has 6 heteroatoms. The van der Waals surface area contributed by atoms with Gasteiger partial charge in [0.05, 0.1) is 24.2 Å². The number of hydrogen-bond acceptors (Lipinski definition) is 4. The maximum absolute atomic E-state index is 12.8. The predicted octanol–water partition coefficient (Wildman–Crippen LogP) is 2.90. The number of rotatable bonds is 8. The largest absolute Gasteiger partial charge is 0.394 e. The van der Waals surface area contributed by atoms with Gasteiger partial charge in [-0.25, -0.2) is 13.1 Å². The molecule has 0 saturated carbocycles. The van der Waals surface area contributed by atoms with Crippen molar-refractivity contribution in [3.63, 3.8) is 0 Å². The second-order valence-electron chi connectivity index (χ2n) is 6.98. The number of hydrogen-bond donors (Lipinski definition) is 2. The van der Waals surface area contributed by atoms with Gasteiger partial charge in [0.1, 0.15) is 0 Å². The first-order valence-electron chi connectivity index (χ1n) is 9.40. The fourth-order valence-electron chi connectivity index (χ4n) is 3.39. The van der Waals surface area contributed by atoms with Crippen LogP contribution in [0.2, 0.25) is 0 Å². The van der Waals surface area contributed by atoms with E-state index in [0.717, 1.165) is 42.4 Å². The van der Waals surface area contributed by atoms with Gasteiger partial charge in [0, 0.05) is 6.54 Å². The normalized spacial score (nSPS) is 15.3.